The largest absolute Gasteiger partial charge is 0.493 e. The first-order chi connectivity index (χ1) is 19.6. The molecule has 1 heterocycles. The fraction of sp³-hybridized carbons (Fsp3) is 0.125. The molecule has 1 atom stereocenters. The second-order valence-corrected chi connectivity index (χ2v) is 8.88. The molecule has 1 unspecified atom stereocenters. The molecule has 4 aromatic carbocycles. The van der Waals surface area contributed by atoms with Crippen LogP contribution in [0.3, 0.4) is 0 Å². The first-order valence-corrected chi connectivity index (χ1v) is 12.5. The number of ether oxygens (including phenoxy) is 5. The second-order valence-electron chi connectivity index (χ2n) is 8.88. The maximum Gasteiger partial charge on any atom is 0.349 e. The van der Waals surface area contributed by atoms with Crippen molar-refractivity contribution in [2.75, 3.05) is 13.7 Å². The maximum absolute atomic E-state index is 12.5. The third-order valence-corrected chi connectivity index (χ3v) is 6.30. The van der Waals surface area contributed by atoms with E-state index in [1.165, 1.54) is 7.11 Å². The Hall–Kier alpha value is -5.42. The van der Waals surface area contributed by atoms with Crippen LogP contribution in [0.1, 0.15) is 22.6 Å². The number of hydrogen-bond donors (Lipinski definition) is 1. The lowest BCUT2D eigenvalue weighted by Gasteiger charge is -2.26. The lowest BCUT2D eigenvalue weighted by molar-refractivity contribution is -0.136. The maximum atomic E-state index is 12.5. The molecule has 0 saturated carbocycles. The molecule has 0 bridgehead atoms. The summed E-state index contributed by atoms with van der Waals surface area (Å²) in [6, 6.07) is 31.6. The summed E-state index contributed by atoms with van der Waals surface area (Å²) in [7, 11) is 1.52. The first-order valence-electron chi connectivity index (χ1n) is 12.5. The number of fused-ring (bicyclic) bond motifs is 1. The number of hydrogen-bond acceptors (Lipinski definition) is 8. The summed E-state index contributed by atoms with van der Waals surface area (Å²) in [5.41, 5.74) is 9.05. The minimum Gasteiger partial charge on any atom is -0.493 e. The van der Waals surface area contributed by atoms with Crippen molar-refractivity contribution in [2.24, 2.45) is 5.73 Å². The van der Waals surface area contributed by atoms with Crippen LogP contribution in [0.4, 0.5) is 0 Å². The van der Waals surface area contributed by atoms with Gasteiger partial charge < -0.3 is 29.4 Å². The van der Waals surface area contributed by atoms with Crippen LogP contribution in [0.25, 0.3) is 0 Å². The van der Waals surface area contributed by atoms with Gasteiger partial charge in [-0.05, 0) is 41.5 Å². The lowest BCUT2D eigenvalue weighted by Crippen LogP contribution is -2.21. The molecule has 8 nitrogen and oxygen atoms in total. The van der Waals surface area contributed by atoms with Crippen molar-refractivity contribution in [3.05, 3.63) is 125 Å². The molecule has 1 aliphatic heterocycles. The number of nitriles is 1. The van der Waals surface area contributed by atoms with Crippen molar-refractivity contribution in [3.8, 4) is 34.8 Å². The SMILES string of the molecule is COc1ccccc1OCC(=O)Oc1ccc2c(c1)OC(N)=C(C#N)C2c1ccc(OCc2ccccc2)cc1. The van der Waals surface area contributed by atoms with Gasteiger partial charge in [-0.2, -0.15) is 5.26 Å². The van der Waals surface area contributed by atoms with E-state index in [4.69, 9.17) is 29.4 Å². The zero-order chi connectivity index (χ0) is 27.9. The van der Waals surface area contributed by atoms with Gasteiger partial charge in [-0.3, -0.25) is 0 Å². The molecule has 5 rings (SSSR count). The van der Waals surface area contributed by atoms with Crippen LogP contribution in [0.2, 0.25) is 0 Å². The third kappa shape index (κ3) is 5.84. The number of carbonyl (C=O) groups excluding carboxylic acids is 1. The summed E-state index contributed by atoms with van der Waals surface area (Å²) < 4.78 is 27.9. The molecular weight excluding hydrogens is 508 g/mol. The van der Waals surface area contributed by atoms with Crippen LogP contribution < -0.4 is 29.4 Å². The molecule has 4 aromatic rings. The van der Waals surface area contributed by atoms with E-state index >= 15 is 0 Å². The highest BCUT2D eigenvalue weighted by Crippen LogP contribution is 2.43. The number of carbonyl (C=O) groups is 1. The third-order valence-electron chi connectivity index (χ3n) is 6.30. The van der Waals surface area contributed by atoms with Gasteiger partial charge in [0.2, 0.25) is 5.88 Å². The van der Waals surface area contributed by atoms with Crippen LogP contribution in [0.15, 0.2) is 109 Å². The van der Waals surface area contributed by atoms with Gasteiger partial charge in [-0.15, -0.1) is 0 Å². The fourth-order valence-electron chi connectivity index (χ4n) is 4.38. The van der Waals surface area contributed by atoms with Crippen molar-refractivity contribution >= 4 is 5.97 Å². The average Bonchev–Trinajstić information content (AvgIpc) is 2.99. The van der Waals surface area contributed by atoms with E-state index in [0.29, 0.717) is 40.7 Å². The second kappa shape index (κ2) is 12.0. The number of para-hydroxylation sites is 2. The van der Waals surface area contributed by atoms with E-state index in [0.717, 1.165) is 11.1 Å². The highest BCUT2D eigenvalue weighted by molar-refractivity contribution is 5.74. The summed E-state index contributed by atoms with van der Waals surface area (Å²) in [6.45, 7) is 0.127. The number of nitrogens with zero attached hydrogens (tertiary/aromatic N) is 1. The van der Waals surface area contributed by atoms with Crippen molar-refractivity contribution in [1.29, 1.82) is 5.26 Å². The molecule has 200 valence electrons. The Morgan fingerprint density at radius 1 is 0.900 bits per heavy atom. The summed E-state index contributed by atoms with van der Waals surface area (Å²) in [6.07, 6.45) is 0. The van der Waals surface area contributed by atoms with Gasteiger partial charge in [0, 0.05) is 11.6 Å². The monoisotopic (exact) mass is 534 g/mol. The molecule has 2 N–H and O–H groups in total. The minimum absolute atomic E-state index is 0.00705. The molecule has 40 heavy (non-hydrogen) atoms. The molecule has 0 fully saturated rings. The van der Waals surface area contributed by atoms with Gasteiger partial charge >= 0.3 is 5.97 Å². The smallest absolute Gasteiger partial charge is 0.349 e. The normalized spacial score (nSPS) is 13.8. The van der Waals surface area contributed by atoms with Crippen LogP contribution in [-0.2, 0) is 11.4 Å². The van der Waals surface area contributed by atoms with E-state index in [9.17, 15) is 10.1 Å². The molecule has 0 radical (unpaired) electrons. The predicted molar refractivity (Wildman–Crippen MR) is 147 cm³/mol. The fourth-order valence-corrected chi connectivity index (χ4v) is 4.38. The standard InChI is InChI=1S/C32H26N2O6/c1-36-27-9-5-6-10-28(27)38-20-30(35)39-24-15-16-25-29(17-24)40-32(34)26(18-33)31(25)22-11-13-23(14-12-22)37-19-21-7-3-2-4-8-21/h2-17,31H,19-20,34H2,1H3. The number of rotatable bonds is 9. The summed E-state index contributed by atoms with van der Waals surface area (Å²) >= 11 is 0. The highest BCUT2D eigenvalue weighted by Gasteiger charge is 2.31. The Kier molecular flexibility index (Phi) is 7.84. The Morgan fingerprint density at radius 2 is 1.60 bits per heavy atom. The Labute approximate surface area is 231 Å². The Bertz CT molecular complexity index is 1580. The summed E-state index contributed by atoms with van der Waals surface area (Å²) in [5.74, 6) is 1.21. The predicted octanol–water partition coefficient (Wildman–Crippen LogP) is 5.48. The molecule has 0 saturated heterocycles. The molecular formula is C32H26N2O6. The van der Waals surface area contributed by atoms with Crippen molar-refractivity contribution < 1.29 is 28.5 Å². The number of esters is 1. The first kappa shape index (κ1) is 26.2. The van der Waals surface area contributed by atoms with Gasteiger partial charge in [0.15, 0.2) is 18.1 Å². The zero-order valence-electron chi connectivity index (χ0n) is 21.7. The minimum atomic E-state index is -0.606. The number of allylic oxidation sites excluding steroid dienone is 1. The zero-order valence-corrected chi connectivity index (χ0v) is 21.7. The van der Waals surface area contributed by atoms with Crippen LogP contribution in [0, 0.1) is 11.3 Å². The molecule has 0 aliphatic carbocycles. The Morgan fingerprint density at radius 3 is 2.33 bits per heavy atom. The van der Waals surface area contributed by atoms with E-state index in [1.54, 1.807) is 42.5 Å². The molecule has 0 amide bonds. The quantitative estimate of drug-likeness (QED) is 0.222. The molecule has 1 aliphatic rings. The van der Waals surface area contributed by atoms with E-state index in [2.05, 4.69) is 6.07 Å². The summed E-state index contributed by atoms with van der Waals surface area (Å²) in [4.78, 5) is 12.5. The lowest BCUT2D eigenvalue weighted by atomic mass is 9.83. The Balaban J connectivity index is 1.30. The van der Waals surface area contributed by atoms with Crippen LogP contribution >= 0.6 is 0 Å². The van der Waals surface area contributed by atoms with Crippen LogP contribution in [0.5, 0.6) is 28.7 Å². The summed E-state index contributed by atoms with van der Waals surface area (Å²) in [5, 5.41) is 9.86. The van der Waals surface area contributed by atoms with Crippen LogP contribution in [-0.4, -0.2) is 19.7 Å². The van der Waals surface area contributed by atoms with Crippen molar-refractivity contribution in [3.63, 3.8) is 0 Å². The van der Waals surface area contributed by atoms with Gasteiger partial charge in [-0.1, -0.05) is 60.7 Å². The topological polar surface area (TPSA) is 113 Å². The number of nitrogens with two attached hydrogens (primary N) is 1. The van der Waals surface area contributed by atoms with Crippen molar-refractivity contribution in [1.82, 2.24) is 0 Å². The average molecular weight is 535 g/mol. The van der Waals surface area contributed by atoms with E-state index < -0.39 is 11.9 Å². The van der Waals surface area contributed by atoms with Gasteiger partial charge in [0.05, 0.1) is 13.0 Å². The highest BCUT2D eigenvalue weighted by atomic mass is 16.6. The molecule has 0 spiro atoms. The van der Waals surface area contributed by atoms with E-state index in [-0.39, 0.29) is 18.2 Å². The van der Waals surface area contributed by atoms with E-state index in [1.807, 2.05) is 54.6 Å². The molecule has 0 aromatic heterocycles. The van der Waals surface area contributed by atoms with Gasteiger partial charge in [-0.25, -0.2) is 4.79 Å². The van der Waals surface area contributed by atoms with Crippen molar-refractivity contribution in [2.45, 2.75) is 12.5 Å². The van der Waals surface area contributed by atoms with Gasteiger partial charge in [0.1, 0.15) is 35.5 Å². The number of benzene rings is 4. The van der Waals surface area contributed by atoms with Gasteiger partial charge in [0.25, 0.3) is 0 Å². The number of methoxy groups -OCH3 is 1. The molecule has 8 heteroatoms.